The van der Waals surface area contributed by atoms with Crippen LogP contribution in [0.4, 0.5) is 5.69 Å². The van der Waals surface area contributed by atoms with Crippen molar-refractivity contribution in [3.05, 3.63) is 54.1 Å². The van der Waals surface area contributed by atoms with Crippen molar-refractivity contribution in [3.63, 3.8) is 0 Å². The number of hydrogen-bond donors (Lipinski definition) is 3. The maximum atomic E-state index is 8.95. The summed E-state index contributed by atoms with van der Waals surface area (Å²) in [5, 5.41) is 15.9. The zero-order valence-electron chi connectivity index (χ0n) is 18.9. The quantitative estimate of drug-likeness (QED) is 0.251. The van der Waals surface area contributed by atoms with Gasteiger partial charge < -0.3 is 30.1 Å². The van der Waals surface area contributed by atoms with Gasteiger partial charge in [-0.1, -0.05) is 24.3 Å². The molecule has 176 valence electrons. The molecule has 1 aliphatic heterocycles. The lowest BCUT2D eigenvalue weighted by molar-refractivity contribution is 0.196. The Kier molecular flexibility index (Phi) is 11.4. The van der Waals surface area contributed by atoms with Crippen LogP contribution in [0.5, 0.6) is 11.5 Å². The number of aliphatic imine (C=N–C) groups is 1. The van der Waals surface area contributed by atoms with Gasteiger partial charge in [0.15, 0.2) is 17.5 Å². The average Bonchev–Trinajstić information content (AvgIpc) is 2.82. The molecule has 1 heterocycles. The van der Waals surface area contributed by atoms with Gasteiger partial charge in [-0.2, -0.15) is 0 Å². The molecule has 2 aromatic rings. The van der Waals surface area contributed by atoms with E-state index < -0.39 is 0 Å². The van der Waals surface area contributed by atoms with Crippen LogP contribution < -0.4 is 25.0 Å². The molecule has 0 aliphatic carbocycles. The standard InChI is InChI=1S/C24H34N4O3.HI/c1-3-25-24(26-18-19-9-10-22(31-16-15-29)23(17-19)30-2)27-20-11-13-28(14-12-20)21-7-5-4-6-8-21;/h4-10,17,20,29H,3,11-16,18H2,1-2H3,(H2,25,26,27);1H. The molecule has 2 aromatic carbocycles. The Labute approximate surface area is 208 Å². The van der Waals surface area contributed by atoms with Crippen LogP contribution in [0, 0.1) is 0 Å². The first kappa shape index (κ1) is 26.1. The van der Waals surface area contributed by atoms with Gasteiger partial charge in [0, 0.05) is 31.4 Å². The van der Waals surface area contributed by atoms with Gasteiger partial charge in [-0.25, -0.2) is 4.99 Å². The van der Waals surface area contributed by atoms with Crippen LogP contribution >= 0.6 is 24.0 Å². The lowest BCUT2D eigenvalue weighted by Gasteiger charge is -2.34. The van der Waals surface area contributed by atoms with E-state index in [0.717, 1.165) is 44.0 Å². The van der Waals surface area contributed by atoms with Crippen molar-refractivity contribution in [1.29, 1.82) is 0 Å². The van der Waals surface area contributed by atoms with Crippen molar-refractivity contribution in [2.75, 3.05) is 44.9 Å². The van der Waals surface area contributed by atoms with Gasteiger partial charge in [-0.3, -0.25) is 0 Å². The molecule has 0 saturated carbocycles. The average molecular weight is 554 g/mol. The molecule has 0 atom stereocenters. The highest BCUT2D eigenvalue weighted by Crippen LogP contribution is 2.28. The normalized spacial score (nSPS) is 14.5. The van der Waals surface area contributed by atoms with Crippen LogP contribution in [0.3, 0.4) is 0 Å². The molecule has 7 nitrogen and oxygen atoms in total. The number of rotatable bonds is 9. The molecule has 1 fully saturated rings. The molecule has 1 aliphatic rings. The number of aliphatic hydroxyl groups is 1. The van der Waals surface area contributed by atoms with E-state index in [9.17, 15) is 0 Å². The third kappa shape index (κ3) is 7.74. The SMILES string of the molecule is CCNC(=NCc1ccc(OCCO)c(OC)c1)NC1CCN(c2ccccc2)CC1.I. The predicted octanol–water partition coefficient (Wildman–Crippen LogP) is 3.41. The topological polar surface area (TPSA) is 78.4 Å². The number of nitrogens with one attached hydrogen (secondary N) is 2. The maximum absolute atomic E-state index is 8.95. The Bertz CT molecular complexity index is 827. The maximum Gasteiger partial charge on any atom is 0.191 e. The number of hydrogen-bond acceptors (Lipinski definition) is 5. The van der Waals surface area contributed by atoms with Crippen molar-refractivity contribution in [3.8, 4) is 11.5 Å². The first-order valence-corrected chi connectivity index (χ1v) is 11.0. The molecular weight excluding hydrogens is 519 g/mol. The van der Waals surface area contributed by atoms with Crippen LogP contribution in [-0.2, 0) is 6.54 Å². The number of para-hydroxylation sites is 1. The number of ether oxygens (including phenoxy) is 2. The summed E-state index contributed by atoms with van der Waals surface area (Å²) in [4.78, 5) is 7.21. The highest BCUT2D eigenvalue weighted by Gasteiger charge is 2.20. The van der Waals surface area contributed by atoms with Crippen molar-refractivity contribution in [1.82, 2.24) is 10.6 Å². The van der Waals surface area contributed by atoms with Gasteiger partial charge in [0.25, 0.3) is 0 Å². The van der Waals surface area contributed by atoms with Crippen LogP contribution in [0.25, 0.3) is 0 Å². The summed E-state index contributed by atoms with van der Waals surface area (Å²) in [6.45, 7) is 5.70. The zero-order valence-corrected chi connectivity index (χ0v) is 21.2. The van der Waals surface area contributed by atoms with Gasteiger partial charge in [0.2, 0.25) is 0 Å². The third-order valence-electron chi connectivity index (χ3n) is 5.30. The molecule has 1 saturated heterocycles. The molecule has 0 unspecified atom stereocenters. The molecule has 0 spiro atoms. The number of piperidine rings is 1. The lowest BCUT2D eigenvalue weighted by atomic mass is 10.0. The second-order valence-corrected chi connectivity index (χ2v) is 7.49. The van der Waals surface area contributed by atoms with Gasteiger partial charge >= 0.3 is 0 Å². The second-order valence-electron chi connectivity index (χ2n) is 7.49. The summed E-state index contributed by atoms with van der Waals surface area (Å²) in [6.07, 6.45) is 2.15. The van der Waals surface area contributed by atoms with Crippen molar-refractivity contribution >= 4 is 35.6 Å². The van der Waals surface area contributed by atoms with Gasteiger partial charge in [-0.05, 0) is 49.6 Å². The monoisotopic (exact) mass is 554 g/mol. The minimum atomic E-state index is -0.0306. The van der Waals surface area contributed by atoms with Crippen molar-refractivity contribution < 1.29 is 14.6 Å². The van der Waals surface area contributed by atoms with E-state index in [4.69, 9.17) is 19.6 Å². The van der Waals surface area contributed by atoms with E-state index in [1.165, 1.54) is 5.69 Å². The van der Waals surface area contributed by atoms with Crippen LogP contribution in [-0.4, -0.2) is 57.1 Å². The number of methoxy groups -OCH3 is 1. The summed E-state index contributed by atoms with van der Waals surface area (Å²) in [5.41, 5.74) is 2.33. The highest BCUT2D eigenvalue weighted by molar-refractivity contribution is 14.0. The van der Waals surface area contributed by atoms with Gasteiger partial charge in [0.05, 0.1) is 20.3 Å². The third-order valence-corrected chi connectivity index (χ3v) is 5.30. The van der Waals surface area contributed by atoms with Crippen LogP contribution in [0.2, 0.25) is 0 Å². The van der Waals surface area contributed by atoms with E-state index in [0.29, 0.717) is 24.1 Å². The fraction of sp³-hybridized carbons (Fsp3) is 0.458. The molecule has 32 heavy (non-hydrogen) atoms. The summed E-state index contributed by atoms with van der Waals surface area (Å²) >= 11 is 0. The fourth-order valence-corrected chi connectivity index (χ4v) is 3.69. The molecule has 0 amide bonds. The molecule has 0 bridgehead atoms. The van der Waals surface area contributed by atoms with Crippen LogP contribution in [0.1, 0.15) is 25.3 Å². The summed E-state index contributed by atoms with van der Waals surface area (Å²) in [7, 11) is 1.61. The number of benzene rings is 2. The van der Waals surface area contributed by atoms with Crippen molar-refractivity contribution in [2.45, 2.75) is 32.4 Å². The fourth-order valence-electron chi connectivity index (χ4n) is 3.69. The first-order chi connectivity index (χ1) is 15.2. The number of aliphatic hydroxyl groups excluding tert-OH is 1. The smallest absolute Gasteiger partial charge is 0.191 e. The van der Waals surface area contributed by atoms with E-state index in [-0.39, 0.29) is 37.2 Å². The molecule has 3 rings (SSSR count). The molecule has 0 radical (unpaired) electrons. The molecule has 0 aromatic heterocycles. The number of nitrogens with zero attached hydrogens (tertiary/aromatic N) is 2. The predicted molar refractivity (Wildman–Crippen MR) is 141 cm³/mol. The number of halogens is 1. The Morgan fingerprint density at radius 3 is 2.53 bits per heavy atom. The largest absolute Gasteiger partial charge is 0.493 e. The van der Waals surface area contributed by atoms with Gasteiger partial charge in [0.1, 0.15) is 6.61 Å². The first-order valence-electron chi connectivity index (χ1n) is 11.0. The number of guanidine groups is 1. The minimum Gasteiger partial charge on any atom is -0.493 e. The van der Waals surface area contributed by atoms with E-state index in [1.807, 2.05) is 18.2 Å². The zero-order chi connectivity index (χ0) is 21.9. The Balaban J connectivity index is 0.00000363. The molecular formula is C24H35IN4O3. The minimum absolute atomic E-state index is 0. The van der Waals surface area contributed by atoms with E-state index in [1.54, 1.807) is 7.11 Å². The van der Waals surface area contributed by atoms with E-state index in [2.05, 4.69) is 52.8 Å². The van der Waals surface area contributed by atoms with E-state index >= 15 is 0 Å². The number of anilines is 1. The summed E-state index contributed by atoms with van der Waals surface area (Å²) in [6, 6.07) is 16.8. The molecule has 3 N–H and O–H groups in total. The second kappa shape index (κ2) is 14.1. The Hall–Kier alpha value is -2.20. The Morgan fingerprint density at radius 2 is 1.88 bits per heavy atom. The highest BCUT2D eigenvalue weighted by atomic mass is 127. The Morgan fingerprint density at radius 1 is 1.12 bits per heavy atom. The lowest BCUT2D eigenvalue weighted by Crippen LogP contribution is -2.48. The van der Waals surface area contributed by atoms with Crippen LogP contribution in [0.15, 0.2) is 53.5 Å². The summed E-state index contributed by atoms with van der Waals surface area (Å²) < 4.78 is 10.9. The molecule has 8 heteroatoms. The van der Waals surface area contributed by atoms with Gasteiger partial charge in [-0.15, -0.1) is 24.0 Å². The summed E-state index contributed by atoms with van der Waals surface area (Å²) in [5.74, 6) is 2.10. The van der Waals surface area contributed by atoms with Crippen molar-refractivity contribution in [2.24, 2.45) is 4.99 Å².